The molecule has 0 radical (unpaired) electrons. The van der Waals surface area contributed by atoms with Gasteiger partial charge in [0.15, 0.2) is 16.6 Å². The van der Waals surface area contributed by atoms with Crippen LogP contribution >= 0.6 is 23.8 Å². The highest BCUT2D eigenvalue weighted by Crippen LogP contribution is 2.34. The van der Waals surface area contributed by atoms with Crippen molar-refractivity contribution in [2.75, 3.05) is 18.1 Å². The highest BCUT2D eigenvalue weighted by molar-refractivity contribution is 7.80. The van der Waals surface area contributed by atoms with Gasteiger partial charge in [0.1, 0.15) is 5.57 Å². The number of carbonyl (C=O) groups is 2. The Hall–Kier alpha value is -3.16. The Labute approximate surface area is 197 Å². The summed E-state index contributed by atoms with van der Waals surface area (Å²) < 4.78 is 5.53. The molecule has 1 saturated heterocycles. The molecule has 0 aliphatic carbocycles. The largest absolute Gasteiger partial charge is 0.504 e. The average molecular weight is 471 g/mol. The first-order chi connectivity index (χ1) is 15.3. The number of nitrogens with zero attached hydrogens (tertiary/aromatic N) is 2. The van der Waals surface area contributed by atoms with Crippen molar-refractivity contribution >= 4 is 52.5 Å². The van der Waals surface area contributed by atoms with Crippen LogP contribution in [0.5, 0.6) is 11.5 Å². The van der Waals surface area contributed by atoms with E-state index in [1.54, 1.807) is 56.3 Å². The van der Waals surface area contributed by atoms with E-state index in [-0.39, 0.29) is 22.2 Å². The van der Waals surface area contributed by atoms with Crippen molar-refractivity contribution in [3.63, 3.8) is 0 Å². The van der Waals surface area contributed by atoms with Crippen LogP contribution in [0.4, 0.5) is 5.69 Å². The van der Waals surface area contributed by atoms with Crippen LogP contribution in [0.25, 0.3) is 6.08 Å². The van der Waals surface area contributed by atoms with Crippen molar-refractivity contribution in [2.24, 2.45) is 0 Å². The van der Waals surface area contributed by atoms with E-state index < -0.39 is 11.8 Å². The Morgan fingerprint density at radius 2 is 1.84 bits per heavy atom. The number of halogens is 1. The molecule has 2 amide bonds. The Morgan fingerprint density at radius 3 is 2.44 bits per heavy atom. The molecule has 1 aliphatic rings. The zero-order valence-corrected chi connectivity index (χ0v) is 19.4. The number of phenols is 1. The van der Waals surface area contributed by atoms with E-state index in [9.17, 15) is 14.7 Å². The van der Waals surface area contributed by atoms with Crippen LogP contribution in [-0.2, 0) is 16.0 Å². The Bertz CT molecular complexity index is 1110. The molecule has 3 rings (SSSR count). The summed E-state index contributed by atoms with van der Waals surface area (Å²) in [5, 5.41) is 11.1. The highest BCUT2D eigenvalue weighted by Gasteiger charge is 2.39. The lowest BCUT2D eigenvalue weighted by atomic mass is 10.0. The number of anilines is 1. The second-order valence-electron chi connectivity index (χ2n) is 6.96. The van der Waals surface area contributed by atoms with Gasteiger partial charge in [0.25, 0.3) is 11.8 Å². The molecule has 8 heteroatoms. The number of rotatable bonds is 7. The molecule has 0 spiro atoms. The zero-order chi connectivity index (χ0) is 23.4. The van der Waals surface area contributed by atoms with Gasteiger partial charge < -0.3 is 9.84 Å². The molecular weight excluding hydrogens is 448 g/mol. The fourth-order valence-electron chi connectivity index (χ4n) is 3.39. The normalized spacial score (nSPS) is 15.5. The number of aromatic hydroxyl groups is 1. The molecule has 6 nitrogen and oxygen atoms in total. The fraction of sp³-hybridized carbons (Fsp3) is 0.208. The number of benzene rings is 2. The molecule has 0 bridgehead atoms. The van der Waals surface area contributed by atoms with E-state index in [4.69, 9.17) is 28.6 Å². The standard InChI is InChI=1S/C24H23ClN2O4S/c1-4-7-16-12-15(14-20(21(16)28)31-6-3)13-19-22(29)26(5-2)24(32)27(23(19)30)18-10-8-17(25)9-11-18/h4,8-14,28H,1,5-7H2,2-3H3. The number of thiocarbonyl (C=S) groups is 1. The monoisotopic (exact) mass is 470 g/mol. The van der Waals surface area contributed by atoms with Gasteiger partial charge in [-0.2, -0.15) is 0 Å². The SMILES string of the molecule is C=CCc1cc(C=C2C(=O)N(CC)C(=S)N(c3ccc(Cl)cc3)C2=O)cc(OCC)c1O. The molecule has 1 heterocycles. The molecule has 166 valence electrons. The fourth-order valence-corrected chi connectivity index (χ4v) is 3.91. The van der Waals surface area contributed by atoms with Gasteiger partial charge in [-0.1, -0.05) is 17.7 Å². The van der Waals surface area contributed by atoms with Crippen molar-refractivity contribution in [3.05, 3.63) is 70.8 Å². The first kappa shape index (κ1) is 23.5. The Kier molecular flexibility index (Phi) is 7.33. The average Bonchev–Trinajstić information content (AvgIpc) is 2.76. The minimum absolute atomic E-state index is 0.00866. The lowest BCUT2D eigenvalue weighted by Gasteiger charge is -2.36. The van der Waals surface area contributed by atoms with Gasteiger partial charge in [-0.25, -0.2) is 0 Å². The molecular formula is C24H23ClN2O4S. The highest BCUT2D eigenvalue weighted by atomic mass is 35.5. The molecule has 1 N–H and O–H groups in total. The maximum absolute atomic E-state index is 13.4. The third-order valence-corrected chi connectivity index (χ3v) is 5.54. The van der Waals surface area contributed by atoms with E-state index in [1.807, 2.05) is 0 Å². The first-order valence-electron chi connectivity index (χ1n) is 10.1. The summed E-state index contributed by atoms with van der Waals surface area (Å²) in [6, 6.07) is 9.93. The number of allylic oxidation sites excluding steroid dienone is 1. The predicted octanol–water partition coefficient (Wildman–Crippen LogP) is 4.74. The number of likely N-dealkylation sites (N-methyl/N-ethyl adjacent to an activating group) is 1. The molecule has 0 atom stereocenters. The third kappa shape index (κ3) is 4.54. The van der Waals surface area contributed by atoms with Gasteiger partial charge >= 0.3 is 0 Å². The van der Waals surface area contributed by atoms with E-state index in [2.05, 4.69) is 6.58 Å². The second-order valence-corrected chi connectivity index (χ2v) is 7.76. The number of ether oxygens (including phenoxy) is 1. The van der Waals surface area contributed by atoms with Crippen LogP contribution in [0.1, 0.15) is 25.0 Å². The lowest BCUT2D eigenvalue weighted by molar-refractivity contribution is -0.127. The van der Waals surface area contributed by atoms with Crippen LogP contribution in [0.15, 0.2) is 54.6 Å². The minimum atomic E-state index is -0.539. The number of hydrogen-bond donors (Lipinski definition) is 1. The van der Waals surface area contributed by atoms with E-state index in [1.165, 1.54) is 15.9 Å². The molecule has 0 aromatic heterocycles. The first-order valence-corrected chi connectivity index (χ1v) is 10.9. The quantitative estimate of drug-likeness (QED) is 0.274. The number of phenolic OH excluding ortho intramolecular Hbond substituents is 1. The van der Waals surface area contributed by atoms with Crippen LogP contribution in [0.3, 0.4) is 0 Å². The summed E-state index contributed by atoms with van der Waals surface area (Å²) in [5.41, 5.74) is 1.58. The predicted molar refractivity (Wildman–Crippen MR) is 130 cm³/mol. The van der Waals surface area contributed by atoms with Crippen LogP contribution in [0, 0.1) is 0 Å². The van der Waals surface area contributed by atoms with Crippen LogP contribution < -0.4 is 9.64 Å². The summed E-state index contributed by atoms with van der Waals surface area (Å²) in [4.78, 5) is 29.2. The molecule has 2 aromatic rings. The van der Waals surface area contributed by atoms with Gasteiger partial charge in [0.05, 0.1) is 12.3 Å². The molecule has 1 fully saturated rings. The van der Waals surface area contributed by atoms with Crippen LogP contribution in [-0.4, -0.2) is 40.1 Å². The molecule has 1 aliphatic heterocycles. The summed E-state index contributed by atoms with van der Waals surface area (Å²) in [6.07, 6.45) is 3.54. The van der Waals surface area contributed by atoms with Crippen molar-refractivity contribution in [1.29, 1.82) is 0 Å². The number of amides is 2. The van der Waals surface area contributed by atoms with Gasteiger partial charge in [-0.05, 0) is 80.5 Å². The maximum atomic E-state index is 13.4. The van der Waals surface area contributed by atoms with Crippen LogP contribution in [0.2, 0.25) is 5.02 Å². The smallest absolute Gasteiger partial charge is 0.270 e. The lowest BCUT2D eigenvalue weighted by Crippen LogP contribution is -2.56. The van der Waals surface area contributed by atoms with E-state index in [0.717, 1.165) is 0 Å². The van der Waals surface area contributed by atoms with Gasteiger partial charge in [0.2, 0.25) is 0 Å². The van der Waals surface area contributed by atoms with Gasteiger partial charge in [-0.15, -0.1) is 6.58 Å². The summed E-state index contributed by atoms with van der Waals surface area (Å²) >= 11 is 11.4. The molecule has 0 unspecified atom stereocenters. The van der Waals surface area contributed by atoms with Gasteiger partial charge in [-0.3, -0.25) is 19.4 Å². The van der Waals surface area contributed by atoms with Gasteiger partial charge in [0, 0.05) is 17.1 Å². The molecule has 32 heavy (non-hydrogen) atoms. The Morgan fingerprint density at radius 1 is 1.16 bits per heavy atom. The number of carbonyl (C=O) groups excluding carboxylic acids is 2. The minimum Gasteiger partial charge on any atom is -0.504 e. The summed E-state index contributed by atoms with van der Waals surface area (Å²) in [6.45, 7) is 7.94. The zero-order valence-electron chi connectivity index (χ0n) is 17.8. The maximum Gasteiger partial charge on any atom is 0.270 e. The molecule has 0 saturated carbocycles. The van der Waals surface area contributed by atoms with Crippen molar-refractivity contribution in [1.82, 2.24) is 4.90 Å². The molecule has 2 aromatic carbocycles. The van der Waals surface area contributed by atoms with Crippen molar-refractivity contribution in [3.8, 4) is 11.5 Å². The van der Waals surface area contributed by atoms with Crippen molar-refractivity contribution < 1.29 is 19.4 Å². The van der Waals surface area contributed by atoms with E-state index in [0.29, 0.717) is 41.4 Å². The topological polar surface area (TPSA) is 70.1 Å². The van der Waals surface area contributed by atoms with Crippen molar-refractivity contribution in [2.45, 2.75) is 20.3 Å². The number of hydrogen-bond acceptors (Lipinski definition) is 5. The Balaban J connectivity index is 2.13. The third-order valence-electron chi connectivity index (χ3n) is 4.88. The summed E-state index contributed by atoms with van der Waals surface area (Å²) in [5.74, 6) is -0.742. The summed E-state index contributed by atoms with van der Waals surface area (Å²) in [7, 11) is 0. The van der Waals surface area contributed by atoms with E-state index >= 15 is 0 Å². The second kappa shape index (κ2) is 9.97.